The first-order valence-corrected chi connectivity index (χ1v) is 11.7. The molecule has 0 aliphatic heterocycles. The van der Waals surface area contributed by atoms with Gasteiger partial charge in [-0.2, -0.15) is 0 Å². The summed E-state index contributed by atoms with van der Waals surface area (Å²) in [6, 6.07) is 10.5. The topological polar surface area (TPSA) is 154 Å². The molecule has 0 saturated heterocycles. The highest BCUT2D eigenvalue weighted by Crippen LogP contribution is 2.18. The maximum atomic E-state index is 10.8. The Bertz CT molecular complexity index is 789. The Morgan fingerprint density at radius 3 is 1.70 bits per heavy atom. The van der Waals surface area contributed by atoms with E-state index >= 15 is 0 Å². The van der Waals surface area contributed by atoms with E-state index in [1.165, 1.54) is 48.5 Å². The van der Waals surface area contributed by atoms with Crippen molar-refractivity contribution in [2.45, 2.75) is 12.1 Å². The predicted molar refractivity (Wildman–Crippen MR) is 95.4 cm³/mol. The van der Waals surface area contributed by atoms with Gasteiger partial charge >= 0.3 is 23.6 Å². The summed E-state index contributed by atoms with van der Waals surface area (Å²) in [5, 5.41) is 8.85. The molecule has 0 radical (unpaired) electrons. The molecular formula is C16H18O9Si2. The lowest BCUT2D eigenvalue weighted by Gasteiger charge is -2.26. The number of ether oxygens (including phenoxy) is 1. The molecule has 0 unspecified atom stereocenters. The molecule has 11 heteroatoms. The summed E-state index contributed by atoms with van der Waals surface area (Å²) >= 11 is 0. The monoisotopic (exact) mass is 410 g/mol. The highest BCUT2D eigenvalue weighted by atomic mass is 28.5. The standard InChI is InChI=1S/C16H18O9Si2/c17-11-24-15-7-3-13(4-8-15)10-27(22,23)25-26(20,21)9-12-1-5-14(6-2-12)16(18)19/h1-8,11,20-23H,9-10H2,(H,18,19). The average Bonchev–Trinajstić information content (AvgIpc) is 2.55. The molecule has 0 saturated carbocycles. The molecule has 9 nitrogen and oxygen atoms in total. The van der Waals surface area contributed by atoms with Crippen molar-refractivity contribution >= 4 is 30.1 Å². The van der Waals surface area contributed by atoms with E-state index in [0.29, 0.717) is 11.1 Å². The molecule has 2 aromatic carbocycles. The second-order valence-corrected chi connectivity index (χ2v) is 10.3. The molecule has 2 aromatic rings. The lowest BCUT2D eigenvalue weighted by atomic mass is 10.1. The Morgan fingerprint density at radius 2 is 1.30 bits per heavy atom. The number of aromatic carboxylic acids is 1. The zero-order valence-electron chi connectivity index (χ0n) is 14.0. The fraction of sp³-hybridized carbons (Fsp3) is 0.125. The van der Waals surface area contributed by atoms with E-state index in [1.807, 2.05) is 0 Å². The van der Waals surface area contributed by atoms with Gasteiger partial charge in [-0.15, -0.1) is 0 Å². The van der Waals surface area contributed by atoms with Gasteiger partial charge in [-0.05, 0) is 35.4 Å². The Balaban J connectivity index is 2.01. The second-order valence-electron chi connectivity index (χ2n) is 5.80. The van der Waals surface area contributed by atoms with Crippen LogP contribution in [-0.4, -0.2) is 54.3 Å². The van der Waals surface area contributed by atoms with E-state index in [-0.39, 0.29) is 29.9 Å². The van der Waals surface area contributed by atoms with Crippen molar-refractivity contribution in [2.24, 2.45) is 0 Å². The molecule has 0 bridgehead atoms. The Morgan fingerprint density at radius 1 is 0.852 bits per heavy atom. The summed E-state index contributed by atoms with van der Waals surface area (Å²) in [7, 11) is -8.90. The number of carboxylic acids is 1. The number of hydrogen-bond acceptors (Lipinski definition) is 8. The minimum absolute atomic E-state index is 0.0397. The largest absolute Gasteiger partial charge is 0.492 e. The second kappa shape index (κ2) is 8.54. The zero-order valence-corrected chi connectivity index (χ0v) is 16.0. The lowest BCUT2D eigenvalue weighted by Crippen LogP contribution is -2.56. The van der Waals surface area contributed by atoms with Gasteiger partial charge in [0.25, 0.3) is 6.47 Å². The highest BCUT2D eigenvalue weighted by Gasteiger charge is 2.45. The third-order valence-electron chi connectivity index (χ3n) is 3.50. The first-order valence-electron chi connectivity index (χ1n) is 7.71. The summed E-state index contributed by atoms with van der Waals surface area (Å²) in [6.07, 6.45) is 0. The minimum Gasteiger partial charge on any atom is -0.478 e. The first kappa shape index (κ1) is 20.9. The van der Waals surface area contributed by atoms with Gasteiger partial charge in [-0.3, -0.25) is 4.79 Å². The lowest BCUT2D eigenvalue weighted by molar-refractivity contribution is -0.120. The normalized spacial score (nSPS) is 11.9. The number of carbonyl (C=O) groups is 2. The Hall–Kier alpha value is -2.39. The van der Waals surface area contributed by atoms with Gasteiger partial charge in [0, 0.05) is 12.1 Å². The molecule has 0 amide bonds. The Kier molecular flexibility index (Phi) is 6.61. The van der Waals surface area contributed by atoms with Crippen LogP contribution < -0.4 is 4.74 Å². The van der Waals surface area contributed by atoms with Crippen molar-refractivity contribution in [1.82, 2.24) is 0 Å². The third-order valence-corrected chi connectivity index (χ3v) is 7.86. The molecule has 0 aliphatic rings. The molecule has 2 rings (SSSR count). The number of benzene rings is 2. The molecule has 0 heterocycles. The van der Waals surface area contributed by atoms with Gasteiger partial charge < -0.3 is 33.1 Å². The van der Waals surface area contributed by atoms with Gasteiger partial charge in [0.05, 0.1) is 5.56 Å². The number of carbonyl (C=O) groups excluding carboxylic acids is 1. The molecule has 0 atom stereocenters. The van der Waals surface area contributed by atoms with E-state index in [9.17, 15) is 28.8 Å². The Labute approximate surface area is 156 Å². The SMILES string of the molecule is O=COc1ccc(C[Si](O)(O)O[Si](O)(O)Cc2ccc(C(=O)O)cc2)cc1. The van der Waals surface area contributed by atoms with Gasteiger partial charge in [-0.1, -0.05) is 24.3 Å². The maximum Gasteiger partial charge on any atom is 0.492 e. The summed E-state index contributed by atoms with van der Waals surface area (Å²) in [5.74, 6) is -0.841. The third kappa shape index (κ3) is 6.69. The maximum absolute atomic E-state index is 10.8. The summed E-state index contributed by atoms with van der Waals surface area (Å²) in [5.41, 5.74) is 0.871. The van der Waals surface area contributed by atoms with Crippen molar-refractivity contribution < 1.29 is 42.7 Å². The molecule has 144 valence electrons. The van der Waals surface area contributed by atoms with Crippen LogP contribution in [0.3, 0.4) is 0 Å². The molecule has 0 spiro atoms. The fourth-order valence-electron chi connectivity index (χ4n) is 2.37. The van der Waals surface area contributed by atoms with Crippen LogP contribution >= 0.6 is 0 Å². The van der Waals surface area contributed by atoms with Gasteiger partial charge in [0.15, 0.2) is 0 Å². The van der Waals surface area contributed by atoms with Crippen molar-refractivity contribution in [3.63, 3.8) is 0 Å². The van der Waals surface area contributed by atoms with Crippen LogP contribution in [0.25, 0.3) is 0 Å². The first-order chi connectivity index (χ1) is 12.6. The van der Waals surface area contributed by atoms with E-state index in [1.54, 1.807) is 0 Å². The van der Waals surface area contributed by atoms with Crippen molar-refractivity contribution in [1.29, 1.82) is 0 Å². The van der Waals surface area contributed by atoms with Crippen LogP contribution in [0.15, 0.2) is 48.5 Å². The fourth-order valence-corrected chi connectivity index (χ4v) is 6.58. The average molecular weight is 410 g/mol. The number of rotatable bonds is 9. The number of carboxylic acid groups (broad SMARTS) is 1. The zero-order chi connectivity index (χ0) is 20.1. The van der Waals surface area contributed by atoms with Crippen LogP contribution in [0.1, 0.15) is 21.5 Å². The molecule has 0 fully saturated rings. The number of hydrogen-bond donors (Lipinski definition) is 5. The van der Waals surface area contributed by atoms with Gasteiger partial charge in [0.2, 0.25) is 0 Å². The van der Waals surface area contributed by atoms with Crippen molar-refractivity contribution in [3.8, 4) is 5.75 Å². The quantitative estimate of drug-likeness (QED) is 0.275. The highest BCUT2D eigenvalue weighted by molar-refractivity contribution is 6.71. The minimum atomic E-state index is -4.46. The van der Waals surface area contributed by atoms with E-state index < -0.39 is 23.6 Å². The van der Waals surface area contributed by atoms with Crippen molar-refractivity contribution in [2.75, 3.05) is 0 Å². The van der Waals surface area contributed by atoms with E-state index in [2.05, 4.69) is 4.74 Å². The summed E-state index contributed by atoms with van der Waals surface area (Å²) in [6.45, 7) is 0.260. The van der Waals surface area contributed by atoms with Crippen molar-refractivity contribution in [3.05, 3.63) is 65.2 Å². The van der Waals surface area contributed by atoms with Crippen LogP contribution in [-0.2, 0) is 21.0 Å². The van der Waals surface area contributed by atoms with Gasteiger partial charge in [-0.25, -0.2) is 4.79 Å². The molecule has 0 aliphatic carbocycles. The van der Waals surface area contributed by atoms with Crippen LogP contribution in [0.4, 0.5) is 0 Å². The van der Waals surface area contributed by atoms with Crippen LogP contribution in [0, 0.1) is 0 Å². The van der Waals surface area contributed by atoms with Crippen LogP contribution in [0.2, 0.25) is 0 Å². The molecule has 5 N–H and O–H groups in total. The predicted octanol–water partition coefficient (Wildman–Crippen LogP) is -0.353. The van der Waals surface area contributed by atoms with Crippen LogP contribution in [0.5, 0.6) is 5.75 Å². The molecular weight excluding hydrogens is 392 g/mol. The van der Waals surface area contributed by atoms with E-state index in [4.69, 9.17) is 9.22 Å². The smallest absolute Gasteiger partial charge is 0.478 e. The summed E-state index contributed by atoms with van der Waals surface area (Å²) < 4.78 is 9.51. The molecule has 0 aromatic heterocycles. The van der Waals surface area contributed by atoms with E-state index in [0.717, 1.165) is 0 Å². The van der Waals surface area contributed by atoms with Gasteiger partial charge in [0.1, 0.15) is 5.75 Å². The molecule has 27 heavy (non-hydrogen) atoms. The summed E-state index contributed by atoms with van der Waals surface area (Å²) in [4.78, 5) is 61.4.